The molecule has 2 heterocycles. The van der Waals surface area contributed by atoms with Gasteiger partial charge in [0.1, 0.15) is 0 Å². The first-order chi connectivity index (χ1) is 14.3. The Bertz CT molecular complexity index is 753. The Morgan fingerprint density at radius 3 is 2.67 bits per heavy atom. The quantitative estimate of drug-likeness (QED) is 0.211. The molecule has 3 N–H and O–H groups in total. The van der Waals surface area contributed by atoms with Gasteiger partial charge in [0, 0.05) is 0 Å². The Labute approximate surface area is 196 Å². The predicted octanol–water partition coefficient (Wildman–Crippen LogP) is 5.51. The molecule has 3 nitrogen and oxygen atoms in total. The van der Waals surface area contributed by atoms with E-state index in [1.807, 2.05) is 0 Å². The Morgan fingerprint density at radius 2 is 1.93 bits per heavy atom. The first-order valence-corrected chi connectivity index (χ1v) is 18.9. The first-order valence-electron chi connectivity index (χ1n) is 11.4. The fourth-order valence-corrected chi connectivity index (χ4v) is 35.3. The van der Waals surface area contributed by atoms with Crippen molar-refractivity contribution < 1.29 is 15.3 Å². The van der Waals surface area contributed by atoms with Crippen LogP contribution in [0.3, 0.4) is 0 Å². The molecule has 170 valence electrons. The fourth-order valence-electron chi connectivity index (χ4n) is 5.03. The van der Waals surface area contributed by atoms with Crippen LogP contribution in [0.25, 0.3) is 0 Å². The standard InChI is InChI=1S/C25H38I2O3/c1-17(6-11-23(29)19-7-8-19)26-13-14-27-21(5-4-12-25(26,27)3)10-9-20-15-22(28)16-24(30)18(20)2/h6,9-11,17,19,22-24,28-30H,2,4-5,7-8,12-16H2,1,3H3/b11-6+,20-9-,21-10+/t17-,22-,23-,24+,25-/m1/s1. The second-order valence-corrected chi connectivity index (χ2v) is 26.1. The van der Waals surface area contributed by atoms with Crippen LogP contribution in [0.2, 0.25) is 0 Å². The Balaban J connectivity index is 1.48. The van der Waals surface area contributed by atoms with E-state index in [1.165, 1.54) is 41.0 Å². The van der Waals surface area contributed by atoms with E-state index in [9.17, 15) is 15.3 Å². The normalized spacial score (nSPS) is 39.7. The van der Waals surface area contributed by atoms with Crippen molar-refractivity contribution in [2.75, 3.05) is 8.86 Å². The number of aliphatic hydroxyl groups excluding tert-OH is 3. The molecule has 0 radical (unpaired) electrons. The zero-order chi connectivity index (χ0) is 21.5. The SMILES string of the molecule is C=C1/C(=C\C=C2/CCC[C@@]3(C)I2CCI3[C@H](C)/C=C/[C@@H](O)C2CC2)C[C@@H](O)C[C@@H]1O. The molecule has 0 spiro atoms. The Morgan fingerprint density at radius 1 is 1.17 bits per heavy atom. The van der Waals surface area contributed by atoms with E-state index in [0.29, 0.717) is 24.1 Å². The van der Waals surface area contributed by atoms with Gasteiger partial charge in [-0.2, -0.15) is 0 Å². The van der Waals surface area contributed by atoms with Gasteiger partial charge in [-0.3, -0.25) is 0 Å². The van der Waals surface area contributed by atoms with Crippen molar-refractivity contribution in [2.24, 2.45) is 5.92 Å². The number of hydrogen-bond acceptors (Lipinski definition) is 3. The zero-order valence-electron chi connectivity index (χ0n) is 18.4. The number of hydrogen-bond donors (Lipinski definition) is 3. The molecule has 5 heteroatoms. The molecule has 0 aromatic carbocycles. The minimum atomic E-state index is -1.19. The molecule has 4 fully saturated rings. The molecule has 2 saturated heterocycles. The van der Waals surface area contributed by atoms with Crippen molar-refractivity contribution in [1.82, 2.24) is 0 Å². The van der Waals surface area contributed by atoms with Crippen molar-refractivity contribution in [3.63, 3.8) is 0 Å². The van der Waals surface area contributed by atoms with Crippen LogP contribution in [-0.4, -0.2) is 47.8 Å². The van der Waals surface area contributed by atoms with Crippen LogP contribution in [-0.2, 0) is 0 Å². The van der Waals surface area contributed by atoms with Gasteiger partial charge in [-0.1, -0.05) is 0 Å². The monoisotopic (exact) mass is 640 g/mol. The molecule has 2 saturated carbocycles. The number of rotatable bonds is 5. The van der Waals surface area contributed by atoms with E-state index in [1.54, 1.807) is 3.58 Å². The molecule has 0 aromatic heterocycles. The predicted molar refractivity (Wildman–Crippen MR) is 144 cm³/mol. The number of allylic oxidation sites excluding steroid dienone is 4. The van der Waals surface area contributed by atoms with Gasteiger partial charge in [0.2, 0.25) is 0 Å². The summed E-state index contributed by atoms with van der Waals surface area (Å²) in [6.45, 7) is 9.14. The Kier molecular flexibility index (Phi) is 7.55. The van der Waals surface area contributed by atoms with E-state index in [2.05, 4.69) is 44.7 Å². The summed E-state index contributed by atoms with van der Waals surface area (Å²) in [6, 6.07) is 0. The van der Waals surface area contributed by atoms with Crippen LogP contribution in [0.15, 0.2) is 45.6 Å². The summed E-state index contributed by atoms with van der Waals surface area (Å²) < 4.78 is 6.00. The summed E-state index contributed by atoms with van der Waals surface area (Å²) in [6.07, 6.45) is 15.2. The third-order valence-electron chi connectivity index (χ3n) is 7.10. The van der Waals surface area contributed by atoms with Crippen LogP contribution in [0.4, 0.5) is 0 Å². The van der Waals surface area contributed by atoms with E-state index in [0.717, 1.165) is 11.1 Å². The maximum absolute atomic E-state index is 10.3. The molecule has 30 heavy (non-hydrogen) atoms. The molecule has 4 aliphatic rings. The second kappa shape index (κ2) is 9.65. The summed E-state index contributed by atoms with van der Waals surface area (Å²) in [7, 11) is 0. The van der Waals surface area contributed by atoms with Gasteiger partial charge in [-0.15, -0.1) is 0 Å². The van der Waals surface area contributed by atoms with Crippen LogP contribution in [0.5, 0.6) is 0 Å². The molecule has 0 unspecified atom stereocenters. The number of fused-ring (bicyclic) bond motifs is 1. The van der Waals surface area contributed by atoms with Crippen LogP contribution in [0.1, 0.15) is 58.8 Å². The van der Waals surface area contributed by atoms with Gasteiger partial charge < -0.3 is 0 Å². The van der Waals surface area contributed by atoms with Crippen LogP contribution >= 0.6 is 39.6 Å². The summed E-state index contributed by atoms with van der Waals surface area (Å²) in [5, 5.41) is 30.4. The van der Waals surface area contributed by atoms with Crippen molar-refractivity contribution >= 4 is 39.6 Å². The van der Waals surface area contributed by atoms with Gasteiger partial charge in [0.05, 0.1) is 0 Å². The third kappa shape index (κ3) is 4.95. The summed E-state index contributed by atoms with van der Waals surface area (Å²) in [5.74, 6) is 0.531. The zero-order valence-corrected chi connectivity index (χ0v) is 22.7. The second-order valence-electron chi connectivity index (χ2n) is 9.39. The molecule has 4 rings (SSSR count). The van der Waals surface area contributed by atoms with Crippen LogP contribution in [0, 0.1) is 5.92 Å². The van der Waals surface area contributed by atoms with Gasteiger partial charge in [-0.05, 0) is 0 Å². The summed E-state index contributed by atoms with van der Waals surface area (Å²) in [4.78, 5) is 0. The minimum absolute atomic E-state index is 0.212. The molecule has 0 amide bonds. The van der Waals surface area contributed by atoms with Gasteiger partial charge in [0.25, 0.3) is 0 Å². The average Bonchev–Trinajstić information content (AvgIpc) is 3.49. The molecule has 5 atom stereocenters. The van der Waals surface area contributed by atoms with Gasteiger partial charge in [0.15, 0.2) is 0 Å². The van der Waals surface area contributed by atoms with Crippen molar-refractivity contribution in [1.29, 1.82) is 0 Å². The van der Waals surface area contributed by atoms with Gasteiger partial charge in [-0.25, -0.2) is 0 Å². The van der Waals surface area contributed by atoms with E-state index in [4.69, 9.17) is 0 Å². The summed E-state index contributed by atoms with van der Waals surface area (Å²) in [5.41, 5.74) is 1.84. The molecular weight excluding hydrogens is 602 g/mol. The fraction of sp³-hybridized carbons (Fsp3) is 0.680. The first kappa shape index (κ1) is 23.5. The summed E-state index contributed by atoms with van der Waals surface area (Å²) >= 11 is -2.32. The number of halogens is 2. The van der Waals surface area contributed by atoms with Crippen molar-refractivity contribution in [3.05, 3.63) is 45.6 Å². The molecule has 0 bridgehead atoms. The average molecular weight is 640 g/mol. The van der Waals surface area contributed by atoms with Crippen LogP contribution < -0.4 is 0 Å². The van der Waals surface area contributed by atoms with Gasteiger partial charge >= 0.3 is 198 Å². The molecule has 2 aliphatic carbocycles. The molecular formula is C25H38I2O3. The Hall–Kier alpha value is 0.300. The van der Waals surface area contributed by atoms with Crippen molar-refractivity contribution in [2.45, 2.75) is 82.5 Å². The van der Waals surface area contributed by atoms with E-state index in [-0.39, 0.29) is 6.10 Å². The molecule has 0 aromatic rings. The maximum atomic E-state index is 10.3. The molecule has 2 aliphatic heterocycles. The topological polar surface area (TPSA) is 60.7 Å². The third-order valence-corrected chi connectivity index (χ3v) is 31.3. The van der Waals surface area contributed by atoms with E-state index >= 15 is 0 Å². The number of aliphatic hydroxyl groups is 3. The number of alkyl halides is 5. The van der Waals surface area contributed by atoms with Crippen molar-refractivity contribution in [3.8, 4) is 0 Å². The van der Waals surface area contributed by atoms with E-state index < -0.39 is 51.8 Å².